The highest BCUT2D eigenvalue weighted by Gasteiger charge is 2.29. The van der Waals surface area contributed by atoms with Crippen molar-refractivity contribution in [3.8, 4) is 0 Å². The van der Waals surface area contributed by atoms with Crippen molar-refractivity contribution in [3.63, 3.8) is 0 Å². The number of anilines is 2. The van der Waals surface area contributed by atoms with Gasteiger partial charge in [0.2, 0.25) is 5.95 Å². The first-order valence-corrected chi connectivity index (χ1v) is 8.28. The number of aromatic nitrogens is 6. The molecule has 0 unspecified atom stereocenters. The van der Waals surface area contributed by atoms with Crippen LogP contribution < -0.4 is 5.32 Å². The van der Waals surface area contributed by atoms with Gasteiger partial charge in [-0.2, -0.15) is 10.1 Å². The summed E-state index contributed by atoms with van der Waals surface area (Å²) in [6.45, 7) is 3.11. The highest BCUT2D eigenvalue weighted by molar-refractivity contribution is 5.76. The molecule has 118 valence electrons. The Morgan fingerprint density at radius 1 is 1.26 bits per heavy atom. The molecule has 2 N–H and O–H groups in total. The van der Waals surface area contributed by atoms with Gasteiger partial charge >= 0.3 is 0 Å². The number of nitrogens with one attached hydrogen (secondary N) is 2. The standard InChI is InChI=1S/C16H19N7/c1-9-12(6-19-23(9)7-10-2-3-10)20-16-21-13(11-4-5-11)14-15(22-16)18-8-17-14/h6,8,10-11H,2-5,7H2,1H3,(H2,17,18,20,21,22). The zero-order valence-electron chi connectivity index (χ0n) is 13.1. The summed E-state index contributed by atoms with van der Waals surface area (Å²) < 4.78 is 2.08. The van der Waals surface area contributed by atoms with Crippen LogP contribution in [0.4, 0.5) is 11.6 Å². The van der Waals surface area contributed by atoms with Gasteiger partial charge in [0.15, 0.2) is 5.65 Å². The Morgan fingerprint density at radius 3 is 2.91 bits per heavy atom. The monoisotopic (exact) mass is 309 g/mol. The summed E-state index contributed by atoms with van der Waals surface area (Å²) >= 11 is 0. The van der Waals surface area contributed by atoms with Crippen LogP contribution in [0.1, 0.15) is 43.0 Å². The molecule has 0 amide bonds. The van der Waals surface area contributed by atoms with Gasteiger partial charge in [-0.25, -0.2) is 9.97 Å². The van der Waals surface area contributed by atoms with Crippen molar-refractivity contribution < 1.29 is 0 Å². The van der Waals surface area contributed by atoms with Gasteiger partial charge in [0, 0.05) is 12.5 Å². The van der Waals surface area contributed by atoms with Crippen LogP contribution in [-0.4, -0.2) is 29.7 Å². The number of fused-ring (bicyclic) bond motifs is 1. The lowest BCUT2D eigenvalue weighted by Gasteiger charge is -2.07. The molecular formula is C16H19N7. The summed E-state index contributed by atoms with van der Waals surface area (Å²) in [6.07, 6.45) is 8.59. The summed E-state index contributed by atoms with van der Waals surface area (Å²) in [5.74, 6) is 1.96. The van der Waals surface area contributed by atoms with Gasteiger partial charge in [-0.05, 0) is 38.5 Å². The number of rotatable bonds is 5. The molecule has 2 fully saturated rings. The van der Waals surface area contributed by atoms with Crippen molar-refractivity contribution in [2.24, 2.45) is 5.92 Å². The van der Waals surface area contributed by atoms with Gasteiger partial charge in [0.1, 0.15) is 5.52 Å². The molecule has 2 saturated carbocycles. The van der Waals surface area contributed by atoms with E-state index in [1.165, 1.54) is 25.7 Å². The number of imidazole rings is 1. The summed E-state index contributed by atoms with van der Waals surface area (Å²) in [5.41, 5.74) is 4.87. The third-order valence-electron chi connectivity index (χ3n) is 4.75. The molecule has 7 nitrogen and oxygen atoms in total. The Bertz CT molecular complexity index is 870. The minimum atomic E-state index is 0.531. The molecule has 0 spiro atoms. The molecule has 0 bridgehead atoms. The maximum atomic E-state index is 4.71. The van der Waals surface area contributed by atoms with Crippen molar-refractivity contribution in [1.82, 2.24) is 29.7 Å². The molecular weight excluding hydrogens is 290 g/mol. The molecule has 0 aliphatic heterocycles. The van der Waals surface area contributed by atoms with E-state index < -0.39 is 0 Å². The van der Waals surface area contributed by atoms with Gasteiger partial charge in [0.05, 0.1) is 29.6 Å². The second kappa shape index (κ2) is 4.78. The van der Waals surface area contributed by atoms with E-state index in [4.69, 9.17) is 4.98 Å². The van der Waals surface area contributed by atoms with Crippen molar-refractivity contribution in [1.29, 1.82) is 0 Å². The largest absolute Gasteiger partial charge is 0.329 e. The highest BCUT2D eigenvalue weighted by atomic mass is 15.3. The third kappa shape index (κ3) is 2.36. The van der Waals surface area contributed by atoms with Crippen LogP contribution in [0.5, 0.6) is 0 Å². The molecule has 0 saturated heterocycles. The van der Waals surface area contributed by atoms with Gasteiger partial charge in [-0.3, -0.25) is 4.68 Å². The second-order valence-electron chi connectivity index (χ2n) is 6.70. The molecule has 0 radical (unpaired) electrons. The molecule has 2 aliphatic carbocycles. The maximum Gasteiger partial charge on any atom is 0.229 e. The second-order valence-corrected chi connectivity index (χ2v) is 6.70. The predicted octanol–water partition coefficient (Wildman–Crippen LogP) is 2.89. The van der Waals surface area contributed by atoms with Crippen LogP contribution >= 0.6 is 0 Å². The van der Waals surface area contributed by atoms with E-state index in [2.05, 4.69) is 37.0 Å². The first-order valence-electron chi connectivity index (χ1n) is 8.28. The van der Waals surface area contributed by atoms with Gasteiger partial charge < -0.3 is 10.3 Å². The molecule has 2 aliphatic rings. The smallest absolute Gasteiger partial charge is 0.229 e. The Hall–Kier alpha value is -2.44. The van der Waals surface area contributed by atoms with Gasteiger partial charge in [0.25, 0.3) is 0 Å². The molecule has 3 aromatic rings. The molecule has 0 aromatic carbocycles. The first kappa shape index (κ1) is 13.0. The van der Waals surface area contributed by atoms with Crippen LogP contribution in [0.25, 0.3) is 11.2 Å². The fourth-order valence-corrected chi connectivity index (χ4v) is 2.97. The van der Waals surface area contributed by atoms with Crippen molar-refractivity contribution in [2.45, 2.75) is 45.1 Å². The predicted molar refractivity (Wildman–Crippen MR) is 86.6 cm³/mol. The van der Waals surface area contributed by atoms with E-state index in [9.17, 15) is 0 Å². The number of nitrogens with zero attached hydrogens (tertiary/aromatic N) is 5. The number of H-pyrrole nitrogens is 1. The van der Waals surface area contributed by atoms with Gasteiger partial charge in [-0.15, -0.1) is 0 Å². The van der Waals surface area contributed by atoms with E-state index in [0.29, 0.717) is 11.9 Å². The van der Waals surface area contributed by atoms with E-state index in [-0.39, 0.29) is 0 Å². The zero-order valence-corrected chi connectivity index (χ0v) is 13.1. The van der Waals surface area contributed by atoms with Crippen molar-refractivity contribution in [2.75, 3.05) is 5.32 Å². The summed E-state index contributed by atoms with van der Waals surface area (Å²) in [7, 11) is 0. The minimum absolute atomic E-state index is 0.531. The molecule has 23 heavy (non-hydrogen) atoms. The maximum absolute atomic E-state index is 4.71. The molecule has 3 heterocycles. The quantitative estimate of drug-likeness (QED) is 0.757. The number of hydrogen-bond acceptors (Lipinski definition) is 5. The summed E-state index contributed by atoms with van der Waals surface area (Å²) in [5, 5.41) is 7.83. The van der Waals surface area contributed by atoms with E-state index in [0.717, 1.165) is 40.7 Å². The average molecular weight is 309 g/mol. The lowest BCUT2D eigenvalue weighted by Crippen LogP contribution is -2.05. The first-order chi connectivity index (χ1) is 11.3. The Labute approximate surface area is 133 Å². The normalized spacial score (nSPS) is 17.8. The molecule has 3 aromatic heterocycles. The van der Waals surface area contributed by atoms with Crippen LogP contribution in [0.2, 0.25) is 0 Å². The van der Waals surface area contributed by atoms with Crippen molar-refractivity contribution in [3.05, 3.63) is 23.9 Å². The third-order valence-corrected chi connectivity index (χ3v) is 4.75. The lowest BCUT2D eigenvalue weighted by atomic mass is 10.2. The molecule has 0 atom stereocenters. The highest BCUT2D eigenvalue weighted by Crippen LogP contribution is 2.41. The molecule has 7 heteroatoms. The van der Waals surface area contributed by atoms with E-state index >= 15 is 0 Å². The van der Waals surface area contributed by atoms with E-state index in [1.54, 1.807) is 6.33 Å². The van der Waals surface area contributed by atoms with E-state index in [1.807, 2.05) is 6.20 Å². The summed E-state index contributed by atoms with van der Waals surface area (Å²) in [6, 6.07) is 0. The van der Waals surface area contributed by atoms with Crippen LogP contribution in [-0.2, 0) is 6.54 Å². The fraction of sp³-hybridized carbons (Fsp3) is 0.500. The zero-order chi connectivity index (χ0) is 15.4. The van der Waals surface area contributed by atoms with Crippen molar-refractivity contribution >= 4 is 22.8 Å². The Balaban J connectivity index is 1.47. The van der Waals surface area contributed by atoms with Gasteiger partial charge in [-0.1, -0.05) is 0 Å². The molecule has 5 rings (SSSR count). The average Bonchev–Trinajstić information content (AvgIpc) is 3.46. The Morgan fingerprint density at radius 2 is 2.13 bits per heavy atom. The summed E-state index contributed by atoms with van der Waals surface area (Å²) in [4.78, 5) is 16.7. The topological polar surface area (TPSA) is 84.3 Å². The number of hydrogen-bond donors (Lipinski definition) is 2. The Kier molecular flexibility index (Phi) is 2.71. The SMILES string of the molecule is Cc1c(Nc2nc(C3CC3)c3nc[nH]c3n2)cnn1CC1CC1. The minimum Gasteiger partial charge on any atom is -0.329 e. The van der Waals surface area contributed by atoms with Crippen LogP contribution in [0.3, 0.4) is 0 Å². The van der Waals surface area contributed by atoms with Crippen LogP contribution in [0.15, 0.2) is 12.5 Å². The number of aromatic amines is 1. The van der Waals surface area contributed by atoms with Crippen LogP contribution in [0, 0.1) is 12.8 Å². The fourth-order valence-electron chi connectivity index (χ4n) is 2.97. The lowest BCUT2D eigenvalue weighted by molar-refractivity contribution is 0.550.